The second-order valence-electron chi connectivity index (χ2n) is 6.96. The fourth-order valence-electron chi connectivity index (χ4n) is 2.99. The minimum atomic E-state index is -0.312. The van der Waals surface area contributed by atoms with Crippen molar-refractivity contribution in [2.45, 2.75) is 32.0 Å². The first kappa shape index (κ1) is 24.5. The topological polar surface area (TPSA) is 60.2 Å². The summed E-state index contributed by atoms with van der Waals surface area (Å²) in [6, 6.07) is 15.5. The zero-order valence-electron chi connectivity index (χ0n) is 16.1. The van der Waals surface area contributed by atoms with E-state index in [0.29, 0.717) is 5.02 Å². The molecule has 0 aliphatic carbocycles. The van der Waals surface area contributed by atoms with Crippen LogP contribution in [0, 0.1) is 0 Å². The lowest BCUT2D eigenvalue weighted by Crippen LogP contribution is -2.48. The molecule has 1 atom stereocenters. The van der Waals surface area contributed by atoms with E-state index in [1.54, 1.807) is 13.3 Å². The lowest BCUT2D eigenvalue weighted by molar-refractivity contribution is 0.322. The predicted octanol–water partition coefficient (Wildman–Crippen LogP) is 5.31. The van der Waals surface area contributed by atoms with Gasteiger partial charge >= 0.3 is 0 Å². The smallest absolute Gasteiger partial charge is 0.118 e. The number of halogens is 3. The van der Waals surface area contributed by atoms with Gasteiger partial charge in [-0.25, -0.2) is 0 Å². The number of benzene rings is 2. The molecule has 0 aliphatic rings. The highest BCUT2D eigenvalue weighted by Gasteiger charge is 2.28. The first-order valence-corrected chi connectivity index (χ1v) is 8.96. The van der Waals surface area contributed by atoms with E-state index >= 15 is 0 Å². The third-order valence-electron chi connectivity index (χ3n) is 4.76. The van der Waals surface area contributed by atoms with Crippen LogP contribution in [-0.4, -0.2) is 17.6 Å². The second-order valence-corrected chi connectivity index (χ2v) is 7.40. The van der Waals surface area contributed by atoms with E-state index in [1.807, 2.05) is 36.4 Å². The highest BCUT2D eigenvalue weighted by molar-refractivity contribution is 6.31. The van der Waals surface area contributed by atoms with Crippen molar-refractivity contribution in [3.63, 3.8) is 0 Å². The van der Waals surface area contributed by atoms with Gasteiger partial charge in [-0.2, -0.15) is 0 Å². The van der Waals surface area contributed by atoms with Gasteiger partial charge in [0.2, 0.25) is 0 Å². The Balaban J connectivity index is 0.00000196. The fourth-order valence-corrected chi connectivity index (χ4v) is 3.15. The molecule has 152 valence electrons. The van der Waals surface area contributed by atoms with Gasteiger partial charge in [0.15, 0.2) is 0 Å². The largest absolute Gasteiger partial charge is 0.497 e. The highest BCUT2D eigenvalue weighted by atomic mass is 35.5. The van der Waals surface area contributed by atoms with E-state index in [9.17, 15) is 0 Å². The number of nitrogens with one attached hydrogen (secondary N) is 1. The zero-order chi connectivity index (χ0) is 18.7. The van der Waals surface area contributed by atoms with E-state index in [4.69, 9.17) is 22.1 Å². The van der Waals surface area contributed by atoms with Crippen LogP contribution in [0.25, 0.3) is 10.9 Å². The Labute approximate surface area is 183 Å². The lowest BCUT2D eigenvalue weighted by atomic mass is 9.87. The number of aromatic nitrogens is 1. The Kier molecular flexibility index (Phi) is 8.99. The molecular formula is C21H26Cl3N3O. The average molecular weight is 443 g/mol. The zero-order valence-corrected chi connectivity index (χ0v) is 18.5. The number of ether oxygens (including phenoxy) is 1. The van der Waals surface area contributed by atoms with E-state index < -0.39 is 0 Å². The highest BCUT2D eigenvalue weighted by Crippen LogP contribution is 2.30. The molecule has 1 aromatic heterocycles. The molecule has 0 aliphatic heterocycles. The Morgan fingerprint density at radius 1 is 1.11 bits per heavy atom. The molecule has 0 radical (unpaired) electrons. The molecule has 0 fully saturated rings. The van der Waals surface area contributed by atoms with E-state index in [0.717, 1.165) is 28.8 Å². The molecule has 1 unspecified atom stereocenters. The SMILES string of the molecule is COc1ccc(CNC(C)(C)C(N)c2ccnc3cc(Cl)ccc23)cc1.Cl.Cl. The summed E-state index contributed by atoms with van der Waals surface area (Å²) in [6.07, 6.45) is 1.79. The summed E-state index contributed by atoms with van der Waals surface area (Å²) in [6.45, 7) is 4.95. The van der Waals surface area contributed by atoms with Crippen LogP contribution in [0.4, 0.5) is 0 Å². The summed E-state index contributed by atoms with van der Waals surface area (Å²) in [5, 5.41) is 5.28. The Hall–Kier alpha value is -1.56. The van der Waals surface area contributed by atoms with Crippen molar-refractivity contribution in [1.29, 1.82) is 0 Å². The number of hydrogen-bond donors (Lipinski definition) is 2. The number of fused-ring (bicyclic) bond motifs is 1. The van der Waals surface area contributed by atoms with Crippen molar-refractivity contribution in [1.82, 2.24) is 10.3 Å². The van der Waals surface area contributed by atoms with Gasteiger partial charge in [0.25, 0.3) is 0 Å². The van der Waals surface area contributed by atoms with Gasteiger partial charge in [-0.15, -0.1) is 24.8 Å². The van der Waals surface area contributed by atoms with Crippen molar-refractivity contribution >= 4 is 47.3 Å². The number of pyridine rings is 1. The average Bonchev–Trinajstić information content (AvgIpc) is 2.65. The van der Waals surface area contributed by atoms with E-state index in [-0.39, 0.29) is 36.4 Å². The Morgan fingerprint density at radius 2 is 1.79 bits per heavy atom. The van der Waals surface area contributed by atoms with Crippen LogP contribution >= 0.6 is 36.4 Å². The lowest BCUT2D eigenvalue weighted by Gasteiger charge is -2.34. The number of nitrogens with two attached hydrogens (primary N) is 1. The maximum Gasteiger partial charge on any atom is 0.118 e. The van der Waals surface area contributed by atoms with Crippen LogP contribution in [0.2, 0.25) is 5.02 Å². The van der Waals surface area contributed by atoms with Gasteiger partial charge in [0, 0.05) is 34.7 Å². The maximum absolute atomic E-state index is 6.64. The van der Waals surface area contributed by atoms with E-state index in [1.165, 1.54) is 5.56 Å². The summed E-state index contributed by atoms with van der Waals surface area (Å²) >= 11 is 6.09. The number of rotatable bonds is 6. The summed E-state index contributed by atoms with van der Waals surface area (Å²) in [5.41, 5.74) is 9.42. The van der Waals surface area contributed by atoms with Crippen LogP contribution < -0.4 is 15.8 Å². The molecule has 1 heterocycles. The molecule has 0 spiro atoms. The predicted molar refractivity (Wildman–Crippen MR) is 122 cm³/mol. The monoisotopic (exact) mass is 441 g/mol. The molecule has 2 aromatic carbocycles. The third-order valence-corrected chi connectivity index (χ3v) is 4.99. The van der Waals surface area contributed by atoms with Crippen molar-refractivity contribution in [3.05, 3.63) is 70.9 Å². The van der Waals surface area contributed by atoms with Gasteiger partial charge in [-0.05, 0) is 55.3 Å². The molecule has 0 bridgehead atoms. The van der Waals surface area contributed by atoms with Crippen LogP contribution in [0.1, 0.15) is 31.0 Å². The fraction of sp³-hybridized carbons (Fsp3) is 0.286. The standard InChI is InChI=1S/C21H24ClN3O.2ClH/c1-21(2,25-13-14-4-7-16(26-3)8-5-14)20(23)18-10-11-24-19-12-15(22)6-9-17(18)19;;/h4-12,20,25H,13,23H2,1-3H3;2*1H. The molecule has 3 rings (SSSR count). The summed E-state index contributed by atoms with van der Waals surface area (Å²) in [7, 11) is 1.67. The normalized spacial score (nSPS) is 12.0. The van der Waals surface area contributed by atoms with Gasteiger partial charge in [-0.3, -0.25) is 4.98 Å². The number of hydrogen-bond acceptors (Lipinski definition) is 4. The molecule has 0 saturated heterocycles. The van der Waals surface area contributed by atoms with Gasteiger partial charge in [0.05, 0.1) is 12.6 Å². The number of methoxy groups -OCH3 is 1. The van der Waals surface area contributed by atoms with Crippen molar-refractivity contribution < 1.29 is 4.74 Å². The molecule has 28 heavy (non-hydrogen) atoms. The van der Waals surface area contributed by atoms with Crippen LogP contribution in [-0.2, 0) is 6.54 Å². The van der Waals surface area contributed by atoms with Crippen LogP contribution in [0.3, 0.4) is 0 Å². The Bertz CT molecular complexity index is 901. The quantitative estimate of drug-likeness (QED) is 0.543. The molecule has 7 heteroatoms. The summed E-state index contributed by atoms with van der Waals surface area (Å²) < 4.78 is 5.20. The minimum Gasteiger partial charge on any atom is -0.497 e. The molecule has 0 saturated carbocycles. The maximum atomic E-state index is 6.64. The van der Waals surface area contributed by atoms with Gasteiger partial charge in [-0.1, -0.05) is 29.8 Å². The Morgan fingerprint density at radius 3 is 2.43 bits per heavy atom. The van der Waals surface area contributed by atoms with E-state index in [2.05, 4.69) is 36.3 Å². The van der Waals surface area contributed by atoms with Crippen molar-refractivity contribution in [2.75, 3.05) is 7.11 Å². The molecule has 0 amide bonds. The first-order valence-electron chi connectivity index (χ1n) is 8.58. The van der Waals surface area contributed by atoms with Crippen molar-refractivity contribution in [2.24, 2.45) is 5.73 Å². The van der Waals surface area contributed by atoms with Crippen LogP contribution in [0.5, 0.6) is 5.75 Å². The van der Waals surface area contributed by atoms with Crippen molar-refractivity contribution in [3.8, 4) is 5.75 Å². The molecule has 4 nitrogen and oxygen atoms in total. The van der Waals surface area contributed by atoms with Crippen LogP contribution in [0.15, 0.2) is 54.7 Å². The summed E-state index contributed by atoms with van der Waals surface area (Å²) in [4.78, 5) is 4.40. The number of nitrogens with zero attached hydrogens (tertiary/aromatic N) is 1. The minimum absolute atomic E-state index is 0. The molecule has 3 N–H and O–H groups in total. The summed E-state index contributed by atoms with van der Waals surface area (Å²) in [5.74, 6) is 0.853. The third kappa shape index (κ3) is 5.49. The van der Waals surface area contributed by atoms with Gasteiger partial charge in [0.1, 0.15) is 5.75 Å². The first-order chi connectivity index (χ1) is 12.4. The molecular weight excluding hydrogens is 417 g/mol. The second kappa shape index (κ2) is 10.3. The molecule has 3 aromatic rings. The van der Waals surface area contributed by atoms with Gasteiger partial charge < -0.3 is 15.8 Å².